The molecule has 2 aromatic carbocycles. The molecule has 4 heterocycles. The van der Waals surface area contributed by atoms with Gasteiger partial charge in [0.15, 0.2) is 11.5 Å². The van der Waals surface area contributed by atoms with Crippen LogP contribution in [0.2, 0.25) is 5.02 Å². The van der Waals surface area contributed by atoms with Crippen molar-refractivity contribution in [3.63, 3.8) is 0 Å². The molecule has 0 bridgehead atoms. The molecule has 2 aliphatic rings. The summed E-state index contributed by atoms with van der Waals surface area (Å²) in [4.78, 5) is 11.4. The van der Waals surface area contributed by atoms with Crippen molar-refractivity contribution >= 4 is 11.6 Å². The van der Waals surface area contributed by atoms with Gasteiger partial charge in [-0.25, -0.2) is 14.4 Å². The summed E-state index contributed by atoms with van der Waals surface area (Å²) in [5.41, 5.74) is 2.63. The number of hydrogen-bond acceptors (Lipinski definition) is 5. The minimum absolute atomic E-state index is 0.330. The molecule has 0 spiro atoms. The van der Waals surface area contributed by atoms with Gasteiger partial charge in [0.05, 0.1) is 30.7 Å². The standard InChI is InChI=1S/C29H31ClFN5O2/c1-3-35-19-32-16-22(35)17-36-14-11-33-27(36)18-34-12-9-20(10-13-34)23-5-4-6-26-28(23)38-29(2,37-26)24-8-7-21(30)15-25(24)31/h4-8,11,14-16,19-20H,3,9-10,12-13,17-18H2,1-2H3. The van der Waals surface area contributed by atoms with Gasteiger partial charge < -0.3 is 18.6 Å². The third-order valence-electron chi connectivity index (χ3n) is 7.70. The number of aromatic nitrogens is 4. The Morgan fingerprint density at radius 2 is 1.95 bits per heavy atom. The van der Waals surface area contributed by atoms with Crippen LogP contribution in [0, 0.1) is 5.82 Å². The van der Waals surface area contributed by atoms with Crippen LogP contribution in [0.4, 0.5) is 4.39 Å². The molecule has 7 nitrogen and oxygen atoms in total. The molecule has 38 heavy (non-hydrogen) atoms. The number of aryl methyl sites for hydroxylation is 1. The zero-order valence-electron chi connectivity index (χ0n) is 21.6. The van der Waals surface area contributed by atoms with E-state index in [1.54, 1.807) is 19.1 Å². The maximum absolute atomic E-state index is 14.7. The highest BCUT2D eigenvalue weighted by Crippen LogP contribution is 2.49. The number of imidazole rings is 2. The fourth-order valence-electron chi connectivity index (χ4n) is 5.61. The van der Waals surface area contributed by atoms with Crippen LogP contribution in [0.5, 0.6) is 11.5 Å². The van der Waals surface area contributed by atoms with E-state index in [9.17, 15) is 4.39 Å². The van der Waals surface area contributed by atoms with Gasteiger partial charge in [0, 0.05) is 42.6 Å². The van der Waals surface area contributed by atoms with E-state index in [2.05, 4.69) is 37.0 Å². The van der Waals surface area contributed by atoms with E-state index in [0.29, 0.717) is 28.0 Å². The first-order valence-corrected chi connectivity index (χ1v) is 13.5. The van der Waals surface area contributed by atoms with Gasteiger partial charge in [0.2, 0.25) is 0 Å². The fraction of sp³-hybridized carbons (Fsp3) is 0.379. The Kier molecular flexibility index (Phi) is 6.61. The summed E-state index contributed by atoms with van der Waals surface area (Å²) < 4.78 is 31.6. The molecule has 1 saturated heterocycles. The molecule has 0 amide bonds. The van der Waals surface area contributed by atoms with E-state index in [1.165, 1.54) is 11.8 Å². The Labute approximate surface area is 226 Å². The van der Waals surface area contributed by atoms with Crippen LogP contribution in [-0.2, 0) is 25.4 Å². The lowest BCUT2D eigenvalue weighted by Gasteiger charge is -2.32. The highest BCUT2D eigenvalue weighted by Gasteiger charge is 2.42. The van der Waals surface area contributed by atoms with Gasteiger partial charge in [-0.2, -0.15) is 0 Å². The number of nitrogens with zero attached hydrogens (tertiary/aromatic N) is 5. The van der Waals surface area contributed by atoms with E-state index in [1.807, 2.05) is 37.1 Å². The van der Waals surface area contributed by atoms with Crippen LogP contribution in [0.3, 0.4) is 0 Å². The lowest BCUT2D eigenvalue weighted by molar-refractivity contribution is -0.0712. The Morgan fingerprint density at radius 1 is 1.11 bits per heavy atom. The number of benzene rings is 2. The van der Waals surface area contributed by atoms with Crippen LogP contribution in [0.15, 0.2) is 61.3 Å². The monoisotopic (exact) mass is 535 g/mol. The van der Waals surface area contributed by atoms with Crippen molar-refractivity contribution in [1.82, 2.24) is 24.0 Å². The Balaban J connectivity index is 1.13. The second-order valence-corrected chi connectivity index (χ2v) is 10.6. The molecule has 1 atom stereocenters. The van der Waals surface area contributed by atoms with Crippen LogP contribution in [-0.4, -0.2) is 37.1 Å². The van der Waals surface area contributed by atoms with E-state index in [-0.39, 0.29) is 0 Å². The van der Waals surface area contributed by atoms with Crippen molar-refractivity contribution in [2.75, 3.05) is 13.1 Å². The van der Waals surface area contributed by atoms with E-state index >= 15 is 0 Å². The van der Waals surface area contributed by atoms with Crippen molar-refractivity contribution in [3.05, 3.63) is 94.8 Å². The number of halogens is 2. The van der Waals surface area contributed by atoms with Gasteiger partial charge in [0.25, 0.3) is 5.79 Å². The predicted molar refractivity (Wildman–Crippen MR) is 143 cm³/mol. The molecule has 0 aliphatic carbocycles. The van der Waals surface area contributed by atoms with Crippen molar-refractivity contribution in [2.45, 2.75) is 58.0 Å². The van der Waals surface area contributed by atoms with Gasteiger partial charge in [-0.1, -0.05) is 23.7 Å². The van der Waals surface area contributed by atoms with Crippen LogP contribution < -0.4 is 9.47 Å². The molecule has 198 valence electrons. The van der Waals surface area contributed by atoms with Crippen molar-refractivity contribution in [2.24, 2.45) is 0 Å². The Morgan fingerprint density at radius 3 is 2.74 bits per heavy atom. The molecule has 1 unspecified atom stereocenters. The minimum Gasteiger partial charge on any atom is -0.444 e. The first kappa shape index (κ1) is 24.9. The summed E-state index contributed by atoms with van der Waals surface area (Å²) in [5, 5.41) is 0.341. The molecule has 0 saturated carbocycles. The molecule has 0 radical (unpaired) electrons. The summed E-state index contributed by atoms with van der Waals surface area (Å²) in [6.45, 7) is 8.26. The number of para-hydroxylation sites is 1. The van der Waals surface area contributed by atoms with E-state index in [0.717, 1.165) is 57.0 Å². The minimum atomic E-state index is -1.24. The quantitative estimate of drug-likeness (QED) is 0.292. The maximum Gasteiger partial charge on any atom is 0.278 e. The summed E-state index contributed by atoms with van der Waals surface area (Å²) in [6, 6.07) is 10.6. The molecule has 2 aliphatic heterocycles. The van der Waals surface area contributed by atoms with E-state index < -0.39 is 11.6 Å². The number of hydrogen-bond donors (Lipinski definition) is 0. The summed E-state index contributed by atoms with van der Waals surface area (Å²) >= 11 is 5.96. The normalized spacial score (nSPS) is 19.8. The molecule has 0 N–H and O–H groups in total. The molecule has 1 fully saturated rings. The van der Waals surface area contributed by atoms with Gasteiger partial charge >= 0.3 is 0 Å². The largest absolute Gasteiger partial charge is 0.444 e. The lowest BCUT2D eigenvalue weighted by atomic mass is 9.88. The number of ether oxygens (including phenoxy) is 2. The number of fused-ring (bicyclic) bond motifs is 1. The van der Waals surface area contributed by atoms with Gasteiger partial charge in [-0.05, 0) is 63.0 Å². The first-order chi connectivity index (χ1) is 18.4. The van der Waals surface area contributed by atoms with Crippen LogP contribution >= 0.6 is 11.6 Å². The molecule has 6 rings (SSSR count). The highest BCUT2D eigenvalue weighted by molar-refractivity contribution is 6.30. The first-order valence-electron chi connectivity index (χ1n) is 13.1. The van der Waals surface area contributed by atoms with E-state index in [4.69, 9.17) is 21.1 Å². The average Bonchev–Trinajstić information content (AvgIpc) is 3.63. The van der Waals surface area contributed by atoms with Crippen LogP contribution in [0.1, 0.15) is 55.3 Å². The second-order valence-electron chi connectivity index (χ2n) is 10.1. The smallest absolute Gasteiger partial charge is 0.278 e. The van der Waals surface area contributed by atoms with Crippen molar-refractivity contribution < 1.29 is 13.9 Å². The summed E-state index contributed by atoms with van der Waals surface area (Å²) in [7, 11) is 0. The third-order valence-corrected chi connectivity index (χ3v) is 7.93. The molecule has 4 aromatic rings. The molecular formula is C29H31ClFN5O2. The SMILES string of the molecule is CCn1cncc1Cn1ccnc1CN1CCC(c2cccc3c2OC(C)(c2ccc(Cl)cc2F)O3)CC1. The zero-order valence-corrected chi connectivity index (χ0v) is 22.4. The Bertz CT molecular complexity index is 1440. The molecule has 9 heteroatoms. The number of likely N-dealkylation sites (tertiary alicyclic amines) is 1. The van der Waals surface area contributed by atoms with Gasteiger partial charge in [-0.15, -0.1) is 0 Å². The third kappa shape index (κ3) is 4.67. The zero-order chi connectivity index (χ0) is 26.3. The van der Waals surface area contributed by atoms with Gasteiger partial charge in [0.1, 0.15) is 11.6 Å². The second kappa shape index (κ2) is 10.1. The number of piperidine rings is 1. The summed E-state index contributed by atoms with van der Waals surface area (Å²) in [5.74, 6) is 1.07. The predicted octanol–water partition coefficient (Wildman–Crippen LogP) is 5.96. The highest BCUT2D eigenvalue weighted by atomic mass is 35.5. The molecular weight excluding hydrogens is 505 g/mol. The van der Waals surface area contributed by atoms with Crippen molar-refractivity contribution in [3.8, 4) is 11.5 Å². The summed E-state index contributed by atoms with van der Waals surface area (Å²) in [6.07, 6.45) is 9.71. The van der Waals surface area contributed by atoms with Gasteiger partial charge in [-0.3, -0.25) is 4.90 Å². The van der Waals surface area contributed by atoms with Crippen molar-refractivity contribution in [1.29, 1.82) is 0 Å². The lowest BCUT2D eigenvalue weighted by Crippen LogP contribution is -2.34. The number of rotatable bonds is 7. The maximum atomic E-state index is 14.7. The topological polar surface area (TPSA) is 57.3 Å². The fourth-order valence-corrected chi connectivity index (χ4v) is 5.77. The van der Waals surface area contributed by atoms with Crippen LogP contribution in [0.25, 0.3) is 0 Å². The Hall–Kier alpha value is -3.36. The molecule has 2 aromatic heterocycles. The average molecular weight is 536 g/mol.